The summed E-state index contributed by atoms with van der Waals surface area (Å²) >= 11 is 0. The minimum atomic E-state index is 0.877. The fourth-order valence-electron chi connectivity index (χ4n) is 7.97. The van der Waals surface area contributed by atoms with Crippen molar-refractivity contribution in [3.63, 3.8) is 0 Å². The zero-order chi connectivity index (χ0) is 34.1. The van der Waals surface area contributed by atoms with Crippen LogP contribution in [-0.4, -0.2) is 0 Å². The Balaban J connectivity index is 1.18. The van der Waals surface area contributed by atoms with E-state index in [4.69, 9.17) is 8.83 Å². The molecule has 0 spiro atoms. The molecule has 0 amide bonds. The van der Waals surface area contributed by atoms with Gasteiger partial charge in [-0.2, -0.15) is 0 Å². The van der Waals surface area contributed by atoms with Gasteiger partial charge < -0.3 is 8.83 Å². The number of fused-ring (bicyclic) bond motifs is 6. The maximum absolute atomic E-state index is 6.45. The van der Waals surface area contributed by atoms with Crippen molar-refractivity contribution < 1.29 is 8.83 Å². The van der Waals surface area contributed by atoms with Crippen molar-refractivity contribution in [1.82, 2.24) is 0 Å². The van der Waals surface area contributed by atoms with E-state index in [9.17, 15) is 0 Å². The van der Waals surface area contributed by atoms with E-state index in [1.54, 1.807) is 0 Å². The fourth-order valence-corrected chi connectivity index (χ4v) is 7.97. The summed E-state index contributed by atoms with van der Waals surface area (Å²) < 4.78 is 12.9. The number of furan rings is 2. The molecule has 0 unspecified atom stereocenters. The Morgan fingerprint density at radius 2 is 1.04 bits per heavy atom. The van der Waals surface area contributed by atoms with Gasteiger partial charge in [0.05, 0.1) is 0 Å². The molecule has 0 fully saturated rings. The van der Waals surface area contributed by atoms with Gasteiger partial charge >= 0.3 is 0 Å². The Labute approximate surface area is 294 Å². The van der Waals surface area contributed by atoms with Gasteiger partial charge in [-0.15, -0.1) is 0 Å². The Hall–Kier alpha value is -6.64. The van der Waals surface area contributed by atoms with Crippen LogP contribution in [0.2, 0.25) is 0 Å². The van der Waals surface area contributed by atoms with Crippen LogP contribution in [-0.2, 0) is 0 Å². The van der Waals surface area contributed by atoms with E-state index in [0.717, 1.165) is 71.4 Å². The highest BCUT2D eigenvalue weighted by molar-refractivity contribution is 6.22. The Morgan fingerprint density at radius 1 is 0.451 bits per heavy atom. The molecule has 8 aromatic carbocycles. The van der Waals surface area contributed by atoms with Crippen molar-refractivity contribution in [3.8, 4) is 33.4 Å². The molecule has 0 bridgehead atoms. The predicted octanol–water partition coefficient (Wildman–Crippen LogP) is 12.2. The van der Waals surface area contributed by atoms with Crippen LogP contribution in [0.1, 0.15) is 11.3 Å². The quantitative estimate of drug-likeness (QED) is 0.177. The van der Waals surface area contributed by atoms with E-state index in [0.29, 0.717) is 0 Å². The van der Waals surface area contributed by atoms with E-state index in [1.807, 2.05) is 37.3 Å². The molecule has 0 saturated carbocycles. The smallest absolute Gasteiger partial charge is 0.143 e. The average molecular weight is 653 g/mol. The molecule has 2 heterocycles. The zero-order valence-corrected chi connectivity index (χ0v) is 28.1. The van der Waals surface area contributed by atoms with Gasteiger partial charge in [-0.05, 0) is 97.1 Å². The molecular formula is C49H32O2. The first-order valence-electron chi connectivity index (χ1n) is 17.4. The molecule has 2 heteroatoms. The molecule has 2 nitrogen and oxygen atoms in total. The second-order valence-corrected chi connectivity index (χ2v) is 13.3. The third kappa shape index (κ3) is 4.65. The lowest BCUT2D eigenvalue weighted by atomic mass is 9.85. The van der Waals surface area contributed by atoms with Crippen molar-refractivity contribution in [2.45, 2.75) is 6.92 Å². The molecule has 0 aliphatic rings. The second-order valence-electron chi connectivity index (χ2n) is 13.3. The monoisotopic (exact) mass is 652 g/mol. The van der Waals surface area contributed by atoms with Crippen molar-refractivity contribution in [3.05, 3.63) is 179 Å². The summed E-state index contributed by atoms with van der Waals surface area (Å²) in [7, 11) is 0. The third-order valence-electron chi connectivity index (χ3n) is 10.4. The summed E-state index contributed by atoms with van der Waals surface area (Å²) in [6.45, 7) is 6.27. The van der Waals surface area contributed by atoms with Gasteiger partial charge in [0.1, 0.15) is 22.5 Å². The lowest BCUT2D eigenvalue weighted by Gasteiger charge is -2.18. The molecule has 0 atom stereocenters. The maximum Gasteiger partial charge on any atom is 0.143 e. The van der Waals surface area contributed by atoms with E-state index in [1.165, 1.54) is 38.2 Å². The molecule has 0 aliphatic heterocycles. The predicted molar refractivity (Wildman–Crippen MR) is 214 cm³/mol. The van der Waals surface area contributed by atoms with Gasteiger partial charge in [-0.3, -0.25) is 0 Å². The van der Waals surface area contributed by atoms with Gasteiger partial charge in [0.15, 0.2) is 0 Å². The highest BCUT2D eigenvalue weighted by atomic mass is 16.3. The van der Waals surface area contributed by atoms with E-state index < -0.39 is 0 Å². The van der Waals surface area contributed by atoms with Gasteiger partial charge in [0.2, 0.25) is 0 Å². The molecular weight excluding hydrogens is 621 g/mol. The number of hydrogen-bond donors (Lipinski definition) is 0. The minimum Gasteiger partial charge on any atom is -0.461 e. The van der Waals surface area contributed by atoms with Gasteiger partial charge in [-0.1, -0.05) is 140 Å². The third-order valence-corrected chi connectivity index (χ3v) is 10.4. The fraction of sp³-hybridized carbons (Fsp3) is 0.0204. The van der Waals surface area contributed by atoms with E-state index >= 15 is 0 Å². The molecule has 0 N–H and O–H groups in total. The van der Waals surface area contributed by atoms with Crippen LogP contribution in [0.5, 0.6) is 0 Å². The number of para-hydroxylation sites is 2. The number of benzene rings is 8. The molecule has 2 aromatic heterocycles. The van der Waals surface area contributed by atoms with Crippen LogP contribution in [0.4, 0.5) is 0 Å². The highest BCUT2D eigenvalue weighted by Gasteiger charge is 2.19. The Morgan fingerprint density at radius 3 is 1.76 bits per heavy atom. The summed E-state index contributed by atoms with van der Waals surface area (Å²) in [6, 6.07) is 56.1. The standard InChI is InChI=1S/C49H32O2/c1-30-13-3-4-14-32(30)28-44-31(2)50-46-29-35(25-26-38(44)46)48-41-20-7-5-18-39(41)47(40-19-6-8-21-42(40)48)34-16-11-15-33(27-34)36-22-12-23-43-37-17-9-10-24-45(37)51-49(36)43/h3-29H,1H2,2H3/b32-28-. The van der Waals surface area contributed by atoms with Gasteiger partial charge in [0, 0.05) is 27.3 Å². The summed E-state index contributed by atoms with van der Waals surface area (Å²) in [5, 5.41) is 10.3. The first-order chi connectivity index (χ1) is 25.1. The van der Waals surface area contributed by atoms with Crippen LogP contribution in [0, 0.1) is 6.92 Å². The molecule has 240 valence electrons. The number of rotatable bonds is 4. The Bertz CT molecular complexity index is 3060. The molecule has 0 radical (unpaired) electrons. The lowest BCUT2D eigenvalue weighted by Crippen LogP contribution is -2.21. The minimum absolute atomic E-state index is 0.877. The van der Waals surface area contributed by atoms with Crippen LogP contribution >= 0.6 is 0 Å². The number of hydrogen-bond acceptors (Lipinski definition) is 2. The van der Waals surface area contributed by atoms with E-state index in [-0.39, 0.29) is 0 Å². The summed E-state index contributed by atoms with van der Waals surface area (Å²) in [5.74, 6) is 0.897. The average Bonchev–Trinajstić information content (AvgIpc) is 3.71. The first kappa shape index (κ1) is 29.3. The van der Waals surface area contributed by atoms with Gasteiger partial charge in [0.25, 0.3) is 0 Å². The van der Waals surface area contributed by atoms with Gasteiger partial charge in [-0.25, -0.2) is 0 Å². The SMILES string of the molecule is C=c1cccc/c1=C/c1c(C)oc2cc(-c3c4ccccc4c(-c4cccc(-c5cccc6c5oc5ccccc56)c4)c4ccccc34)ccc12. The van der Waals surface area contributed by atoms with Crippen LogP contribution in [0.15, 0.2) is 167 Å². The highest BCUT2D eigenvalue weighted by Crippen LogP contribution is 2.45. The van der Waals surface area contributed by atoms with Crippen molar-refractivity contribution in [2.75, 3.05) is 0 Å². The molecule has 0 saturated heterocycles. The Kier molecular flexibility index (Phi) is 6.59. The summed E-state index contributed by atoms with van der Waals surface area (Å²) in [6.07, 6.45) is 2.19. The van der Waals surface area contributed by atoms with Crippen molar-refractivity contribution in [2.24, 2.45) is 0 Å². The van der Waals surface area contributed by atoms with Crippen molar-refractivity contribution >= 4 is 67.1 Å². The molecule has 51 heavy (non-hydrogen) atoms. The maximum atomic E-state index is 6.45. The van der Waals surface area contributed by atoms with Crippen LogP contribution < -0.4 is 10.4 Å². The van der Waals surface area contributed by atoms with Crippen LogP contribution in [0.25, 0.3) is 100 Å². The number of aryl methyl sites for hydroxylation is 1. The first-order valence-corrected chi connectivity index (χ1v) is 17.4. The largest absolute Gasteiger partial charge is 0.461 e. The summed E-state index contributed by atoms with van der Waals surface area (Å²) in [4.78, 5) is 0. The molecule has 10 aromatic rings. The van der Waals surface area contributed by atoms with E-state index in [2.05, 4.69) is 140 Å². The van der Waals surface area contributed by atoms with Crippen molar-refractivity contribution in [1.29, 1.82) is 0 Å². The molecule has 10 rings (SSSR count). The van der Waals surface area contributed by atoms with Crippen LogP contribution in [0.3, 0.4) is 0 Å². The normalized spacial score (nSPS) is 12.2. The second kappa shape index (κ2) is 11.5. The topological polar surface area (TPSA) is 26.3 Å². The lowest BCUT2D eigenvalue weighted by molar-refractivity contribution is 0.577. The zero-order valence-electron chi connectivity index (χ0n) is 28.1. The summed E-state index contributed by atoms with van der Waals surface area (Å²) in [5.41, 5.74) is 10.7. The molecule has 0 aliphatic carbocycles.